The van der Waals surface area contributed by atoms with E-state index in [2.05, 4.69) is 27.7 Å². The first-order valence-electron chi connectivity index (χ1n) is 15.6. The molecular weight excluding hydrogens is 577 g/mol. The molecule has 2 aromatic carbocycles. The van der Waals surface area contributed by atoms with Crippen LogP contribution in [0.25, 0.3) is 0 Å². The fourth-order valence-corrected chi connectivity index (χ4v) is 9.77. The van der Waals surface area contributed by atoms with E-state index in [1.165, 1.54) is 11.3 Å². The first-order chi connectivity index (χ1) is 20.5. The number of amides is 1. The molecule has 230 valence electrons. The number of carboxylic acids is 1. The SMILES string of the molecule is CC(C)(C)c1cc(N(C(=O)[C@H]2CC[C@H](C)CC2)[C@H]2CC[C@H](OP(=O)(c3ccccc3)c3ccccc3)CC2)c(C(=O)O)s1. The van der Waals surface area contributed by atoms with Crippen LogP contribution in [0, 0.1) is 11.8 Å². The quantitative estimate of drug-likeness (QED) is 0.257. The van der Waals surface area contributed by atoms with Gasteiger partial charge >= 0.3 is 5.97 Å². The number of carbonyl (C=O) groups is 2. The average molecular weight is 622 g/mol. The van der Waals surface area contributed by atoms with Crippen molar-refractivity contribution in [1.82, 2.24) is 0 Å². The van der Waals surface area contributed by atoms with Crippen LogP contribution in [0.4, 0.5) is 5.69 Å². The normalized spacial score (nSPS) is 23.1. The van der Waals surface area contributed by atoms with Crippen molar-refractivity contribution < 1.29 is 23.8 Å². The van der Waals surface area contributed by atoms with Crippen LogP contribution in [-0.4, -0.2) is 29.1 Å². The molecule has 2 aliphatic rings. The molecule has 6 nitrogen and oxygen atoms in total. The van der Waals surface area contributed by atoms with Gasteiger partial charge in [-0.1, -0.05) is 64.1 Å². The second-order valence-corrected chi connectivity index (χ2v) is 16.7. The molecular formula is C35H44NO5PS. The highest BCUT2D eigenvalue weighted by Crippen LogP contribution is 2.49. The largest absolute Gasteiger partial charge is 0.477 e. The standard InChI is InChI=1S/C35H44NO5PS/c1-24-15-17-25(18-16-24)33(37)36(30-23-31(35(2,3)4)43-32(30)34(38)39)26-19-21-27(22-20-26)41-42(40,28-11-7-5-8-12-28)29-13-9-6-10-14-29/h5-14,23-27H,15-22H2,1-4H3,(H,38,39)/t24-,25-,26-,27-. The van der Waals surface area contributed by atoms with Crippen molar-refractivity contribution in [2.75, 3.05) is 4.90 Å². The van der Waals surface area contributed by atoms with Crippen LogP contribution < -0.4 is 15.5 Å². The Kier molecular flexibility index (Phi) is 9.65. The second kappa shape index (κ2) is 13.1. The number of rotatable bonds is 8. The Bertz CT molecular complexity index is 1400. The summed E-state index contributed by atoms with van der Waals surface area (Å²) in [5.41, 5.74) is 0.304. The van der Waals surface area contributed by atoms with Gasteiger partial charge in [0, 0.05) is 27.4 Å². The Morgan fingerprint density at radius 2 is 1.40 bits per heavy atom. The van der Waals surface area contributed by atoms with Crippen molar-refractivity contribution >= 4 is 46.9 Å². The Morgan fingerprint density at radius 1 is 0.860 bits per heavy atom. The lowest BCUT2D eigenvalue weighted by atomic mass is 9.81. The zero-order chi connectivity index (χ0) is 30.8. The van der Waals surface area contributed by atoms with Crippen molar-refractivity contribution in [3.63, 3.8) is 0 Å². The Morgan fingerprint density at radius 3 is 1.88 bits per heavy atom. The van der Waals surface area contributed by atoms with Crippen molar-refractivity contribution in [2.24, 2.45) is 11.8 Å². The van der Waals surface area contributed by atoms with Gasteiger partial charge < -0.3 is 14.5 Å². The van der Waals surface area contributed by atoms with Crippen molar-refractivity contribution in [3.05, 3.63) is 76.5 Å². The topological polar surface area (TPSA) is 83.9 Å². The summed E-state index contributed by atoms with van der Waals surface area (Å²) in [6, 6.07) is 20.6. The molecule has 0 spiro atoms. The van der Waals surface area contributed by atoms with Gasteiger partial charge in [0.2, 0.25) is 5.91 Å². The van der Waals surface area contributed by atoms with E-state index in [0.717, 1.165) is 30.6 Å². The van der Waals surface area contributed by atoms with E-state index in [4.69, 9.17) is 4.52 Å². The maximum atomic E-state index is 14.5. The third-order valence-electron chi connectivity index (χ3n) is 9.01. The van der Waals surface area contributed by atoms with E-state index in [9.17, 15) is 19.3 Å². The molecule has 3 aromatic rings. The maximum absolute atomic E-state index is 14.5. The number of nitrogens with zero attached hydrogens (tertiary/aromatic N) is 1. The highest BCUT2D eigenvalue weighted by atomic mass is 32.1. The van der Waals surface area contributed by atoms with Crippen LogP contribution >= 0.6 is 18.7 Å². The predicted octanol–water partition coefficient (Wildman–Crippen LogP) is 8.16. The van der Waals surface area contributed by atoms with Crippen molar-refractivity contribution in [3.8, 4) is 0 Å². The lowest BCUT2D eigenvalue weighted by Crippen LogP contribution is -2.47. The molecule has 1 N–H and O–H groups in total. The number of anilines is 1. The highest BCUT2D eigenvalue weighted by Gasteiger charge is 2.40. The molecule has 1 heterocycles. The van der Waals surface area contributed by atoms with Crippen LogP contribution in [0.15, 0.2) is 66.7 Å². The molecule has 5 rings (SSSR count). The lowest BCUT2D eigenvalue weighted by Gasteiger charge is -2.40. The van der Waals surface area contributed by atoms with Gasteiger partial charge in [-0.3, -0.25) is 9.36 Å². The molecule has 0 saturated heterocycles. The molecule has 8 heteroatoms. The summed E-state index contributed by atoms with van der Waals surface area (Å²) in [6.45, 7) is 8.45. The number of hydrogen-bond acceptors (Lipinski definition) is 5. The van der Waals surface area contributed by atoms with Gasteiger partial charge in [-0.2, -0.15) is 0 Å². The zero-order valence-electron chi connectivity index (χ0n) is 25.7. The van der Waals surface area contributed by atoms with E-state index < -0.39 is 13.3 Å². The summed E-state index contributed by atoms with van der Waals surface area (Å²) >= 11 is 1.28. The van der Waals surface area contributed by atoms with Gasteiger partial charge in [0.15, 0.2) is 0 Å². The minimum absolute atomic E-state index is 0.0521. The summed E-state index contributed by atoms with van der Waals surface area (Å²) in [5.74, 6) is -0.426. The van der Waals surface area contributed by atoms with E-state index in [0.29, 0.717) is 47.9 Å². The molecule has 0 atom stereocenters. The number of carboxylic acid groups (broad SMARTS) is 1. The third kappa shape index (κ3) is 7.00. The number of benzene rings is 2. The van der Waals surface area contributed by atoms with Crippen LogP contribution in [0.5, 0.6) is 0 Å². The predicted molar refractivity (Wildman–Crippen MR) is 175 cm³/mol. The summed E-state index contributed by atoms with van der Waals surface area (Å²) in [5, 5.41) is 11.6. The molecule has 2 saturated carbocycles. The van der Waals surface area contributed by atoms with Crippen molar-refractivity contribution in [1.29, 1.82) is 0 Å². The van der Waals surface area contributed by atoms with Crippen LogP contribution in [0.3, 0.4) is 0 Å². The van der Waals surface area contributed by atoms with E-state index in [1.807, 2.05) is 71.6 Å². The maximum Gasteiger partial charge on any atom is 0.348 e. The Hall–Kier alpha value is -2.73. The van der Waals surface area contributed by atoms with Gasteiger partial charge in [-0.25, -0.2) is 4.79 Å². The van der Waals surface area contributed by atoms with Gasteiger partial charge in [-0.15, -0.1) is 11.3 Å². The Labute approximate surface area is 259 Å². The molecule has 2 aliphatic carbocycles. The smallest absolute Gasteiger partial charge is 0.348 e. The Balaban J connectivity index is 1.42. The van der Waals surface area contributed by atoms with E-state index in [-0.39, 0.29) is 34.3 Å². The van der Waals surface area contributed by atoms with Crippen LogP contribution in [0.2, 0.25) is 0 Å². The fourth-order valence-electron chi connectivity index (χ4n) is 6.42. The molecule has 43 heavy (non-hydrogen) atoms. The lowest BCUT2D eigenvalue weighted by molar-refractivity contribution is -0.124. The summed E-state index contributed by atoms with van der Waals surface area (Å²) in [4.78, 5) is 29.8. The molecule has 1 amide bonds. The summed E-state index contributed by atoms with van der Waals surface area (Å²) in [6.07, 6.45) is 6.06. The van der Waals surface area contributed by atoms with E-state index in [1.54, 1.807) is 0 Å². The fraction of sp³-hybridized carbons (Fsp3) is 0.486. The summed E-state index contributed by atoms with van der Waals surface area (Å²) in [7, 11) is -3.33. The molecule has 1 aromatic heterocycles. The summed E-state index contributed by atoms with van der Waals surface area (Å²) < 4.78 is 21.1. The number of hydrogen-bond donors (Lipinski definition) is 1. The van der Waals surface area contributed by atoms with Crippen LogP contribution in [0.1, 0.15) is 93.6 Å². The van der Waals surface area contributed by atoms with E-state index >= 15 is 0 Å². The number of aromatic carboxylic acids is 1. The zero-order valence-corrected chi connectivity index (χ0v) is 27.4. The molecule has 0 radical (unpaired) electrons. The first kappa shape index (κ1) is 31.7. The molecule has 0 unspecified atom stereocenters. The highest BCUT2D eigenvalue weighted by molar-refractivity contribution is 7.74. The average Bonchev–Trinajstić information content (AvgIpc) is 3.46. The van der Waals surface area contributed by atoms with Gasteiger partial charge in [0.1, 0.15) is 4.88 Å². The van der Waals surface area contributed by atoms with Crippen LogP contribution in [-0.2, 0) is 19.3 Å². The minimum atomic E-state index is -3.33. The number of thiophene rings is 1. The third-order valence-corrected chi connectivity index (χ3v) is 13.1. The van der Waals surface area contributed by atoms with Gasteiger partial charge in [-0.05, 0) is 93.0 Å². The second-order valence-electron chi connectivity index (χ2n) is 13.3. The molecule has 2 fully saturated rings. The minimum Gasteiger partial charge on any atom is -0.477 e. The first-order valence-corrected chi connectivity index (χ1v) is 18.0. The molecule has 0 aliphatic heterocycles. The number of carbonyl (C=O) groups excluding carboxylic acids is 1. The van der Waals surface area contributed by atoms with Gasteiger partial charge in [0.25, 0.3) is 7.37 Å². The molecule has 0 bridgehead atoms. The van der Waals surface area contributed by atoms with Crippen molar-refractivity contribution in [2.45, 2.75) is 96.6 Å². The van der Waals surface area contributed by atoms with Gasteiger partial charge in [0.05, 0.1) is 11.8 Å². The monoisotopic (exact) mass is 621 g/mol.